The van der Waals surface area contributed by atoms with Gasteiger partial charge in [-0.3, -0.25) is 0 Å². The molecule has 6 heteroatoms. The van der Waals surface area contributed by atoms with Crippen LogP contribution in [0.1, 0.15) is 0 Å². The lowest BCUT2D eigenvalue weighted by Crippen LogP contribution is -1.94. The Labute approximate surface area is 126 Å². The Balaban J connectivity index is 2.15. The van der Waals surface area contributed by atoms with E-state index in [4.69, 9.17) is 23.7 Å². The molecule has 3 aromatic rings. The number of hydrogen-bond acceptors (Lipinski definition) is 5. The number of rotatable bonds is 3. The molecule has 0 spiro atoms. The molecule has 0 bridgehead atoms. The van der Waals surface area contributed by atoms with Crippen molar-refractivity contribution in [2.75, 3.05) is 28.1 Å². The second-order valence-electron chi connectivity index (χ2n) is 4.94. The molecule has 6 nitrogen and oxygen atoms in total. The monoisotopic (exact) mass is 301 g/mol. The van der Waals surface area contributed by atoms with Crippen molar-refractivity contribution in [3.05, 3.63) is 18.2 Å². The molecule has 0 aliphatic carbocycles. The lowest BCUT2D eigenvalue weighted by Gasteiger charge is -2.07. The van der Waals surface area contributed by atoms with Gasteiger partial charge in [0.2, 0.25) is 12.5 Å². The van der Waals surface area contributed by atoms with Gasteiger partial charge in [-0.15, -0.1) is 0 Å². The third kappa shape index (κ3) is 1.60. The quantitative estimate of drug-likeness (QED) is 0.805. The Morgan fingerprint density at radius 3 is 2.41 bits per heavy atom. The molecule has 2 aromatic carbocycles. The van der Waals surface area contributed by atoms with E-state index in [9.17, 15) is 0 Å². The first-order chi connectivity index (χ1) is 10.8. The van der Waals surface area contributed by atoms with Gasteiger partial charge in [-0.2, -0.15) is 0 Å². The zero-order valence-corrected chi connectivity index (χ0v) is 12.5. The van der Waals surface area contributed by atoms with Crippen LogP contribution in [0.15, 0.2) is 18.2 Å². The van der Waals surface area contributed by atoms with Gasteiger partial charge in [0.05, 0.1) is 32.4 Å². The van der Waals surface area contributed by atoms with Crippen LogP contribution in [0.4, 0.5) is 0 Å². The second-order valence-corrected chi connectivity index (χ2v) is 4.94. The molecular weight excluding hydrogens is 286 g/mol. The Hall–Kier alpha value is -2.76. The van der Waals surface area contributed by atoms with Crippen molar-refractivity contribution in [3.63, 3.8) is 0 Å². The van der Waals surface area contributed by atoms with Gasteiger partial charge >= 0.3 is 0 Å². The van der Waals surface area contributed by atoms with Crippen LogP contribution in [0.2, 0.25) is 0 Å². The van der Waals surface area contributed by atoms with E-state index in [1.807, 2.05) is 18.2 Å². The average molecular weight is 301 g/mol. The average Bonchev–Trinajstić information content (AvgIpc) is 3.16. The highest BCUT2D eigenvalue weighted by molar-refractivity contribution is 6.14. The van der Waals surface area contributed by atoms with Crippen LogP contribution in [-0.4, -0.2) is 33.1 Å². The molecule has 0 amide bonds. The number of hydrogen-bond donors (Lipinski definition) is 1. The first-order valence-corrected chi connectivity index (χ1v) is 6.80. The van der Waals surface area contributed by atoms with E-state index in [1.54, 1.807) is 21.3 Å². The smallest absolute Gasteiger partial charge is 0.231 e. The summed E-state index contributed by atoms with van der Waals surface area (Å²) in [7, 11) is 4.87. The standard InChI is InChI=1S/C16H15NO5/c1-18-8-4-10-13(11(5-8)19-2)9-6-12(20-3)15-16(14(9)17-10)22-7-21-15/h4-6,17H,7H2,1-3H3. The highest BCUT2D eigenvalue weighted by Crippen LogP contribution is 2.49. The van der Waals surface area contributed by atoms with Crippen molar-refractivity contribution in [2.45, 2.75) is 0 Å². The molecule has 0 saturated carbocycles. The Morgan fingerprint density at radius 1 is 0.909 bits per heavy atom. The molecule has 2 heterocycles. The van der Waals surface area contributed by atoms with Crippen molar-refractivity contribution >= 4 is 21.8 Å². The molecule has 0 unspecified atom stereocenters. The van der Waals surface area contributed by atoms with Crippen molar-refractivity contribution in [2.24, 2.45) is 0 Å². The van der Waals surface area contributed by atoms with E-state index in [2.05, 4.69) is 4.98 Å². The molecule has 1 N–H and O–H groups in total. The second kappa shape index (κ2) is 4.62. The van der Waals surface area contributed by atoms with Crippen molar-refractivity contribution < 1.29 is 23.7 Å². The summed E-state index contributed by atoms with van der Waals surface area (Å²) in [5.74, 6) is 3.36. The largest absolute Gasteiger partial charge is 0.497 e. The summed E-state index contributed by atoms with van der Waals surface area (Å²) in [6.07, 6.45) is 0. The van der Waals surface area contributed by atoms with Crippen LogP contribution in [0.5, 0.6) is 28.7 Å². The van der Waals surface area contributed by atoms with Gasteiger partial charge in [0, 0.05) is 22.9 Å². The minimum absolute atomic E-state index is 0.181. The van der Waals surface area contributed by atoms with E-state index >= 15 is 0 Å². The molecule has 0 saturated heterocycles. The summed E-state index contributed by atoms with van der Waals surface area (Å²) in [5, 5.41) is 1.91. The van der Waals surface area contributed by atoms with E-state index in [1.165, 1.54) is 0 Å². The van der Waals surface area contributed by atoms with Gasteiger partial charge in [0.15, 0.2) is 11.5 Å². The fraction of sp³-hybridized carbons (Fsp3) is 0.250. The van der Waals surface area contributed by atoms with Crippen molar-refractivity contribution in [3.8, 4) is 28.7 Å². The first kappa shape index (κ1) is 12.9. The van der Waals surface area contributed by atoms with Crippen LogP contribution in [-0.2, 0) is 0 Å². The maximum Gasteiger partial charge on any atom is 0.231 e. The fourth-order valence-corrected chi connectivity index (χ4v) is 2.89. The number of ether oxygens (including phenoxy) is 5. The van der Waals surface area contributed by atoms with Gasteiger partial charge in [0.25, 0.3) is 0 Å². The van der Waals surface area contributed by atoms with Crippen LogP contribution < -0.4 is 23.7 Å². The molecule has 0 fully saturated rings. The summed E-state index contributed by atoms with van der Waals surface area (Å²) in [5.41, 5.74) is 1.76. The molecule has 1 aliphatic rings. The number of aromatic nitrogens is 1. The molecule has 1 aliphatic heterocycles. The lowest BCUT2D eigenvalue weighted by molar-refractivity contribution is 0.172. The van der Waals surface area contributed by atoms with E-state index in [0.29, 0.717) is 17.2 Å². The topological polar surface area (TPSA) is 61.9 Å². The predicted octanol–water partition coefficient (Wildman–Crippen LogP) is 3.08. The third-order valence-electron chi connectivity index (χ3n) is 3.89. The molecule has 114 valence electrons. The Bertz CT molecular complexity index is 883. The number of benzene rings is 2. The summed E-state index contributed by atoms with van der Waals surface area (Å²) < 4.78 is 27.4. The van der Waals surface area contributed by atoms with Crippen LogP contribution in [0.25, 0.3) is 21.8 Å². The van der Waals surface area contributed by atoms with Crippen LogP contribution in [0.3, 0.4) is 0 Å². The molecule has 0 radical (unpaired) electrons. The van der Waals surface area contributed by atoms with E-state index in [-0.39, 0.29) is 6.79 Å². The van der Waals surface area contributed by atoms with Gasteiger partial charge in [-0.05, 0) is 6.07 Å². The third-order valence-corrected chi connectivity index (χ3v) is 3.89. The van der Waals surface area contributed by atoms with Crippen LogP contribution in [0, 0.1) is 0 Å². The maximum absolute atomic E-state index is 5.61. The summed E-state index contributed by atoms with van der Waals surface area (Å²) in [6, 6.07) is 5.70. The Kier molecular flexibility index (Phi) is 2.72. The van der Waals surface area contributed by atoms with Gasteiger partial charge in [0.1, 0.15) is 11.5 Å². The predicted molar refractivity (Wildman–Crippen MR) is 81.6 cm³/mol. The van der Waals surface area contributed by atoms with Crippen molar-refractivity contribution in [1.29, 1.82) is 0 Å². The molecule has 22 heavy (non-hydrogen) atoms. The van der Waals surface area contributed by atoms with Gasteiger partial charge < -0.3 is 28.7 Å². The highest BCUT2D eigenvalue weighted by atomic mass is 16.7. The van der Waals surface area contributed by atoms with E-state index < -0.39 is 0 Å². The zero-order chi connectivity index (χ0) is 15.3. The van der Waals surface area contributed by atoms with E-state index in [0.717, 1.165) is 33.3 Å². The van der Waals surface area contributed by atoms with Gasteiger partial charge in [-0.1, -0.05) is 0 Å². The molecular formula is C16H15NO5. The molecule has 4 rings (SSSR count). The lowest BCUT2D eigenvalue weighted by atomic mass is 10.1. The zero-order valence-electron chi connectivity index (χ0n) is 12.5. The Morgan fingerprint density at radius 2 is 1.68 bits per heavy atom. The number of methoxy groups -OCH3 is 3. The van der Waals surface area contributed by atoms with Crippen molar-refractivity contribution in [1.82, 2.24) is 4.98 Å². The fourth-order valence-electron chi connectivity index (χ4n) is 2.89. The minimum Gasteiger partial charge on any atom is -0.497 e. The number of aromatic amines is 1. The normalized spacial score (nSPS) is 12.9. The molecule has 1 aromatic heterocycles. The maximum atomic E-state index is 5.61. The first-order valence-electron chi connectivity index (χ1n) is 6.80. The molecule has 0 atom stereocenters. The summed E-state index contributed by atoms with van der Waals surface area (Å²) in [4.78, 5) is 3.36. The number of fused-ring (bicyclic) bond motifs is 5. The van der Waals surface area contributed by atoms with Crippen LogP contribution >= 0.6 is 0 Å². The summed E-state index contributed by atoms with van der Waals surface area (Å²) >= 11 is 0. The minimum atomic E-state index is 0.181. The number of nitrogens with one attached hydrogen (secondary N) is 1. The highest BCUT2D eigenvalue weighted by Gasteiger charge is 2.26. The van der Waals surface area contributed by atoms with Gasteiger partial charge in [-0.25, -0.2) is 0 Å². The number of H-pyrrole nitrogens is 1. The summed E-state index contributed by atoms with van der Waals surface area (Å²) in [6.45, 7) is 0.181. The SMILES string of the molecule is COc1cc(OC)c2c(c1)[nH]c1c3c(c(OC)cc12)OCO3.